The van der Waals surface area contributed by atoms with Crippen LogP contribution in [0.15, 0.2) is 17.8 Å². The summed E-state index contributed by atoms with van der Waals surface area (Å²) in [6.07, 6.45) is 10.6. The van der Waals surface area contributed by atoms with Gasteiger partial charge in [-0.3, -0.25) is 4.79 Å². The second-order valence-corrected chi connectivity index (χ2v) is 5.41. The Morgan fingerprint density at radius 2 is 2.11 bits per heavy atom. The van der Waals surface area contributed by atoms with E-state index in [0.717, 1.165) is 37.9 Å². The van der Waals surface area contributed by atoms with E-state index in [9.17, 15) is 4.79 Å². The number of allylic oxidation sites excluding steroid dienone is 2. The highest BCUT2D eigenvalue weighted by Gasteiger charge is 2.22. The molecule has 0 amide bonds. The molecule has 5 nitrogen and oxygen atoms in total. The molecule has 0 aromatic carbocycles. The van der Waals surface area contributed by atoms with Crippen LogP contribution in [-0.4, -0.2) is 33.9 Å². The molecule has 1 saturated heterocycles. The summed E-state index contributed by atoms with van der Waals surface area (Å²) in [5.41, 5.74) is 1.43. The number of ketones is 1. The van der Waals surface area contributed by atoms with Gasteiger partial charge < -0.3 is 5.32 Å². The zero-order valence-electron chi connectivity index (χ0n) is 11.1. The highest BCUT2D eigenvalue weighted by Crippen LogP contribution is 2.20. The van der Waals surface area contributed by atoms with Crippen molar-refractivity contribution >= 4 is 5.78 Å². The molecule has 0 saturated carbocycles. The van der Waals surface area contributed by atoms with Crippen LogP contribution in [0, 0.1) is 0 Å². The molecule has 0 radical (unpaired) electrons. The van der Waals surface area contributed by atoms with Gasteiger partial charge in [0.05, 0.1) is 12.2 Å². The van der Waals surface area contributed by atoms with Crippen molar-refractivity contribution in [3.05, 3.63) is 23.5 Å². The molecule has 2 aliphatic rings. The predicted molar refractivity (Wildman–Crippen MR) is 72.0 cm³/mol. The average molecular weight is 260 g/mol. The van der Waals surface area contributed by atoms with E-state index >= 15 is 0 Å². The molecule has 1 aliphatic carbocycles. The van der Waals surface area contributed by atoms with Crippen molar-refractivity contribution in [3.63, 3.8) is 0 Å². The minimum atomic E-state index is 0.0698. The van der Waals surface area contributed by atoms with Gasteiger partial charge in [0.1, 0.15) is 0 Å². The molecule has 1 aromatic rings. The van der Waals surface area contributed by atoms with E-state index in [2.05, 4.69) is 21.7 Å². The fourth-order valence-electron chi connectivity index (χ4n) is 2.58. The highest BCUT2D eigenvalue weighted by molar-refractivity contribution is 6.07. The van der Waals surface area contributed by atoms with Crippen molar-refractivity contribution < 1.29 is 4.79 Å². The third kappa shape index (κ3) is 2.76. The van der Waals surface area contributed by atoms with Crippen LogP contribution < -0.4 is 5.32 Å². The molecule has 19 heavy (non-hydrogen) atoms. The Hall–Kier alpha value is -1.49. The van der Waals surface area contributed by atoms with E-state index in [4.69, 9.17) is 0 Å². The Balaban J connectivity index is 1.72. The van der Waals surface area contributed by atoms with E-state index in [1.807, 2.05) is 4.68 Å². The molecule has 3 rings (SSSR count). The maximum Gasteiger partial charge on any atom is 0.210 e. The molecular formula is C14H20N4O. The number of hydrogen-bond donors (Lipinski definition) is 1. The summed E-state index contributed by atoms with van der Waals surface area (Å²) < 4.78 is 1.81. The molecule has 1 aromatic heterocycles. The Morgan fingerprint density at radius 1 is 1.26 bits per heavy atom. The smallest absolute Gasteiger partial charge is 0.210 e. The van der Waals surface area contributed by atoms with E-state index in [0.29, 0.717) is 11.7 Å². The van der Waals surface area contributed by atoms with E-state index in [1.165, 1.54) is 19.3 Å². The molecule has 5 heteroatoms. The topological polar surface area (TPSA) is 59.8 Å². The standard InChI is InChI=1S/C14H20N4O/c19-14(11-6-4-2-1-3-5-7-11)13-10-18(17-16-13)12-8-15-9-12/h6,10,12,15H,1-5,7-9H2. The molecule has 0 unspecified atom stereocenters. The van der Waals surface area contributed by atoms with Crippen molar-refractivity contribution in [1.29, 1.82) is 0 Å². The lowest BCUT2D eigenvalue weighted by Gasteiger charge is -2.26. The minimum Gasteiger partial charge on any atom is -0.312 e. The summed E-state index contributed by atoms with van der Waals surface area (Å²) in [5.74, 6) is 0.0698. The maximum atomic E-state index is 12.4. The molecule has 0 spiro atoms. The molecule has 1 N–H and O–H groups in total. The number of carbonyl (C=O) groups is 1. The number of rotatable bonds is 3. The van der Waals surface area contributed by atoms with Gasteiger partial charge in [0, 0.05) is 13.1 Å². The summed E-state index contributed by atoms with van der Waals surface area (Å²) in [7, 11) is 0. The number of aromatic nitrogens is 3. The normalized spacial score (nSPS) is 21.2. The van der Waals surface area contributed by atoms with Crippen LogP contribution in [-0.2, 0) is 0 Å². The first-order valence-electron chi connectivity index (χ1n) is 7.21. The van der Waals surface area contributed by atoms with Gasteiger partial charge in [-0.25, -0.2) is 4.68 Å². The van der Waals surface area contributed by atoms with Gasteiger partial charge in [0.25, 0.3) is 0 Å². The van der Waals surface area contributed by atoms with Crippen molar-refractivity contribution in [3.8, 4) is 0 Å². The quantitative estimate of drug-likeness (QED) is 0.843. The van der Waals surface area contributed by atoms with E-state index in [-0.39, 0.29) is 5.78 Å². The van der Waals surface area contributed by atoms with Crippen molar-refractivity contribution in [2.75, 3.05) is 13.1 Å². The summed E-state index contributed by atoms with van der Waals surface area (Å²) >= 11 is 0. The Morgan fingerprint density at radius 3 is 2.89 bits per heavy atom. The fourth-order valence-corrected chi connectivity index (χ4v) is 2.58. The Bertz CT molecular complexity index is 487. The van der Waals surface area contributed by atoms with Gasteiger partial charge in [-0.05, 0) is 31.3 Å². The first-order chi connectivity index (χ1) is 9.34. The summed E-state index contributed by atoms with van der Waals surface area (Å²) in [4.78, 5) is 12.4. The van der Waals surface area contributed by atoms with E-state index < -0.39 is 0 Å². The summed E-state index contributed by atoms with van der Waals surface area (Å²) in [5, 5.41) is 11.3. The Kier molecular flexibility index (Phi) is 3.73. The predicted octanol–water partition coefficient (Wildman–Crippen LogP) is 1.89. The van der Waals surface area contributed by atoms with Crippen molar-refractivity contribution in [2.45, 2.75) is 44.6 Å². The third-order valence-corrected chi connectivity index (χ3v) is 3.96. The zero-order chi connectivity index (χ0) is 13.1. The summed E-state index contributed by atoms with van der Waals surface area (Å²) in [6.45, 7) is 1.83. The van der Waals surface area contributed by atoms with Gasteiger partial charge in [-0.15, -0.1) is 5.10 Å². The lowest BCUT2D eigenvalue weighted by atomic mass is 9.96. The molecule has 102 valence electrons. The third-order valence-electron chi connectivity index (χ3n) is 3.96. The number of carbonyl (C=O) groups excluding carboxylic acids is 1. The molecule has 1 fully saturated rings. The first kappa shape index (κ1) is 12.5. The second kappa shape index (κ2) is 5.65. The van der Waals surface area contributed by atoms with Crippen LogP contribution in [0.5, 0.6) is 0 Å². The monoisotopic (exact) mass is 260 g/mol. The van der Waals surface area contributed by atoms with Gasteiger partial charge in [-0.1, -0.05) is 24.1 Å². The largest absolute Gasteiger partial charge is 0.312 e. The van der Waals surface area contributed by atoms with Gasteiger partial charge in [0.2, 0.25) is 5.78 Å². The Labute approximate surface area is 113 Å². The lowest BCUT2D eigenvalue weighted by Crippen LogP contribution is -2.43. The number of nitrogens with one attached hydrogen (secondary N) is 1. The molecule has 0 bridgehead atoms. The first-order valence-corrected chi connectivity index (χ1v) is 7.21. The number of nitrogens with zero attached hydrogens (tertiary/aromatic N) is 3. The fraction of sp³-hybridized carbons (Fsp3) is 0.643. The van der Waals surface area contributed by atoms with Crippen LogP contribution in [0.2, 0.25) is 0 Å². The minimum absolute atomic E-state index is 0.0698. The number of hydrogen-bond acceptors (Lipinski definition) is 4. The maximum absolute atomic E-state index is 12.4. The van der Waals surface area contributed by atoms with Gasteiger partial charge >= 0.3 is 0 Å². The van der Waals surface area contributed by atoms with Crippen LogP contribution >= 0.6 is 0 Å². The van der Waals surface area contributed by atoms with E-state index in [1.54, 1.807) is 6.20 Å². The average Bonchev–Trinajstić information content (AvgIpc) is 2.74. The molecule has 0 atom stereocenters. The summed E-state index contributed by atoms with van der Waals surface area (Å²) in [6, 6.07) is 0.361. The number of Topliss-reactive ketones (excluding diaryl/α,β-unsaturated/α-hetero) is 1. The zero-order valence-corrected chi connectivity index (χ0v) is 11.1. The molecule has 2 heterocycles. The lowest BCUT2D eigenvalue weighted by molar-refractivity contribution is 0.102. The van der Waals surface area contributed by atoms with Crippen molar-refractivity contribution in [2.24, 2.45) is 0 Å². The van der Waals surface area contributed by atoms with Gasteiger partial charge in [0.15, 0.2) is 5.69 Å². The van der Waals surface area contributed by atoms with Crippen LogP contribution in [0.1, 0.15) is 55.1 Å². The highest BCUT2D eigenvalue weighted by atomic mass is 16.1. The van der Waals surface area contributed by atoms with Gasteiger partial charge in [-0.2, -0.15) is 0 Å². The van der Waals surface area contributed by atoms with Crippen LogP contribution in [0.3, 0.4) is 0 Å². The SMILES string of the molecule is O=C(C1=CCCCCCC1)c1cn(C2CNC2)nn1. The van der Waals surface area contributed by atoms with Crippen molar-refractivity contribution in [1.82, 2.24) is 20.3 Å². The second-order valence-electron chi connectivity index (χ2n) is 5.41. The molecule has 1 aliphatic heterocycles. The molecular weight excluding hydrogens is 240 g/mol. The van der Waals surface area contributed by atoms with Crippen LogP contribution in [0.25, 0.3) is 0 Å². The van der Waals surface area contributed by atoms with Crippen LogP contribution in [0.4, 0.5) is 0 Å².